The topological polar surface area (TPSA) is 50.9 Å². The van der Waals surface area contributed by atoms with Crippen LogP contribution in [0.5, 0.6) is 0 Å². The number of thioether (sulfide) groups is 1. The number of hydrogen-bond donors (Lipinski definition) is 2. The van der Waals surface area contributed by atoms with E-state index in [1.165, 1.54) is 24.3 Å². The second kappa shape index (κ2) is 5.70. The number of aromatic nitrogens is 1. The van der Waals surface area contributed by atoms with Gasteiger partial charge in [-0.25, -0.2) is 0 Å². The maximum absolute atomic E-state index is 5.97. The van der Waals surface area contributed by atoms with Crippen molar-refractivity contribution >= 4 is 34.0 Å². The van der Waals surface area contributed by atoms with Gasteiger partial charge in [0, 0.05) is 23.8 Å². The molecule has 1 aromatic carbocycles. The van der Waals surface area contributed by atoms with Gasteiger partial charge in [0.1, 0.15) is 0 Å². The van der Waals surface area contributed by atoms with Crippen LogP contribution in [-0.4, -0.2) is 23.0 Å². The van der Waals surface area contributed by atoms with E-state index in [1.54, 1.807) is 0 Å². The van der Waals surface area contributed by atoms with Crippen molar-refractivity contribution in [1.82, 2.24) is 4.98 Å². The van der Waals surface area contributed by atoms with E-state index in [-0.39, 0.29) is 0 Å². The number of rotatable bonds is 3. The number of nitrogens with one attached hydrogen (secondary N) is 1. The standard InChI is InChI=1S/C15H19N3S/c16-13-3-1-2-12-14(4-7-17-15(12)13)18-10-11-5-8-19-9-6-11/h1-4,7,11H,5-6,8-10,16H2,(H,17,18). The van der Waals surface area contributed by atoms with Gasteiger partial charge in [0.05, 0.1) is 11.2 Å². The first-order valence-corrected chi connectivity index (χ1v) is 7.95. The third-order valence-corrected chi connectivity index (χ3v) is 4.77. The highest BCUT2D eigenvalue weighted by molar-refractivity contribution is 7.99. The minimum Gasteiger partial charge on any atom is -0.397 e. The highest BCUT2D eigenvalue weighted by Crippen LogP contribution is 2.27. The van der Waals surface area contributed by atoms with Gasteiger partial charge in [0.25, 0.3) is 0 Å². The van der Waals surface area contributed by atoms with E-state index in [4.69, 9.17) is 5.73 Å². The van der Waals surface area contributed by atoms with E-state index in [2.05, 4.69) is 28.1 Å². The molecule has 0 atom stereocenters. The molecule has 1 aliphatic heterocycles. The van der Waals surface area contributed by atoms with Gasteiger partial charge in [-0.1, -0.05) is 12.1 Å². The minimum absolute atomic E-state index is 0.746. The van der Waals surface area contributed by atoms with Gasteiger partial charge in [-0.3, -0.25) is 4.98 Å². The summed E-state index contributed by atoms with van der Waals surface area (Å²) in [7, 11) is 0. The van der Waals surface area contributed by atoms with Crippen LogP contribution in [0.4, 0.5) is 11.4 Å². The van der Waals surface area contributed by atoms with Crippen LogP contribution >= 0.6 is 11.8 Å². The lowest BCUT2D eigenvalue weighted by atomic mass is 10.0. The molecular weight excluding hydrogens is 254 g/mol. The van der Waals surface area contributed by atoms with Crippen molar-refractivity contribution in [2.24, 2.45) is 5.92 Å². The zero-order valence-corrected chi connectivity index (χ0v) is 11.7. The fraction of sp³-hybridized carbons (Fsp3) is 0.400. The van der Waals surface area contributed by atoms with Crippen LogP contribution in [0.15, 0.2) is 30.5 Å². The molecule has 100 valence electrons. The Balaban J connectivity index is 1.79. The van der Waals surface area contributed by atoms with Gasteiger partial charge in [0.15, 0.2) is 0 Å². The maximum atomic E-state index is 5.97. The molecule has 1 fully saturated rings. The zero-order chi connectivity index (χ0) is 13.1. The number of nitrogens with zero attached hydrogens (tertiary/aromatic N) is 1. The van der Waals surface area contributed by atoms with Gasteiger partial charge >= 0.3 is 0 Å². The molecule has 1 aromatic heterocycles. The molecule has 0 bridgehead atoms. The predicted octanol–water partition coefficient (Wildman–Crippen LogP) is 3.37. The third-order valence-electron chi connectivity index (χ3n) is 3.72. The van der Waals surface area contributed by atoms with Crippen LogP contribution < -0.4 is 11.1 Å². The number of hydrogen-bond acceptors (Lipinski definition) is 4. The third kappa shape index (κ3) is 2.78. The van der Waals surface area contributed by atoms with Gasteiger partial charge in [-0.15, -0.1) is 0 Å². The summed E-state index contributed by atoms with van der Waals surface area (Å²) < 4.78 is 0. The second-order valence-electron chi connectivity index (χ2n) is 5.04. The summed E-state index contributed by atoms with van der Waals surface area (Å²) in [4.78, 5) is 4.37. The maximum Gasteiger partial charge on any atom is 0.0951 e. The predicted molar refractivity (Wildman–Crippen MR) is 84.7 cm³/mol. The van der Waals surface area contributed by atoms with Crippen molar-refractivity contribution in [3.05, 3.63) is 30.5 Å². The first kappa shape index (κ1) is 12.6. The molecular formula is C15H19N3S. The summed E-state index contributed by atoms with van der Waals surface area (Å²) in [6, 6.07) is 8.01. The summed E-state index contributed by atoms with van der Waals surface area (Å²) in [5.41, 5.74) is 8.76. The number of nitrogen functional groups attached to an aromatic ring is 1. The van der Waals surface area contributed by atoms with E-state index in [0.29, 0.717) is 0 Å². The molecule has 3 N–H and O–H groups in total. The van der Waals surface area contributed by atoms with Crippen molar-refractivity contribution in [2.45, 2.75) is 12.8 Å². The first-order valence-electron chi connectivity index (χ1n) is 6.79. The zero-order valence-electron chi connectivity index (χ0n) is 10.9. The molecule has 0 saturated carbocycles. The highest BCUT2D eigenvalue weighted by atomic mass is 32.2. The monoisotopic (exact) mass is 273 g/mol. The fourth-order valence-electron chi connectivity index (χ4n) is 2.56. The molecule has 1 saturated heterocycles. The molecule has 1 aliphatic rings. The first-order chi connectivity index (χ1) is 9.34. The largest absolute Gasteiger partial charge is 0.397 e. The van der Waals surface area contributed by atoms with Gasteiger partial charge < -0.3 is 11.1 Å². The molecule has 0 aliphatic carbocycles. The van der Waals surface area contributed by atoms with Crippen molar-refractivity contribution < 1.29 is 0 Å². The second-order valence-corrected chi connectivity index (χ2v) is 6.26. The molecule has 3 nitrogen and oxygen atoms in total. The number of benzene rings is 1. The lowest BCUT2D eigenvalue weighted by Gasteiger charge is -2.22. The highest BCUT2D eigenvalue weighted by Gasteiger charge is 2.13. The average Bonchev–Trinajstić information content (AvgIpc) is 2.47. The Morgan fingerprint density at radius 3 is 2.95 bits per heavy atom. The molecule has 3 rings (SSSR count). The summed E-state index contributed by atoms with van der Waals surface area (Å²) in [6.07, 6.45) is 4.48. The van der Waals surface area contributed by atoms with Crippen LogP contribution in [0.1, 0.15) is 12.8 Å². The van der Waals surface area contributed by atoms with Crippen molar-refractivity contribution in [2.75, 3.05) is 29.1 Å². The number of nitrogens with two attached hydrogens (primary N) is 1. The number of pyridine rings is 1. The number of fused-ring (bicyclic) bond motifs is 1. The smallest absolute Gasteiger partial charge is 0.0951 e. The molecule has 19 heavy (non-hydrogen) atoms. The molecule has 0 spiro atoms. The molecule has 0 unspecified atom stereocenters. The Morgan fingerprint density at radius 2 is 2.11 bits per heavy atom. The van der Waals surface area contributed by atoms with Crippen LogP contribution in [0.2, 0.25) is 0 Å². The van der Waals surface area contributed by atoms with Crippen molar-refractivity contribution in [3.8, 4) is 0 Å². The van der Waals surface area contributed by atoms with Crippen LogP contribution in [0.25, 0.3) is 10.9 Å². The van der Waals surface area contributed by atoms with Crippen LogP contribution in [0.3, 0.4) is 0 Å². The molecule has 2 heterocycles. The van der Waals surface area contributed by atoms with E-state index in [1.807, 2.05) is 24.4 Å². The Bertz CT molecular complexity index is 564. The van der Waals surface area contributed by atoms with Gasteiger partial charge in [-0.2, -0.15) is 11.8 Å². The average molecular weight is 273 g/mol. The lowest BCUT2D eigenvalue weighted by Crippen LogP contribution is -2.19. The Morgan fingerprint density at radius 1 is 1.26 bits per heavy atom. The molecule has 0 amide bonds. The van der Waals surface area contributed by atoms with Crippen LogP contribution in [0, 0.1) is 5.92 Å². The number of para-hydroxylation sites is 1. The molecule has 0 radical (unpaired) electrons. The van der Waals surface area contributed by atoms with Crippen molar-refractivity contribution in [3.63, 3.8) is 0 Å². The number of anilines is 2. The van der Waals surface area contributed by atoms with Crippen LogP contribution in [-0.2, 0) is 0 Å². The Labute approximate surface area is 118 Å². The SMILES string of the molecule is Nc1cccc2c(NCC3CCSCC3)ccnc12. The Kier molecular flexibility index (Phi) is 3.78. The van der Waals surface area contributed by atoms with E-state index in [0.717, 1.165) is 34.7 Å². The van der Waals surface area contributed by atoms with E-state index in [9.17, 15) is 0 Å². The van der Waals surface area contributed by atoms with Crippen molar-refractivity contribution in [1.29, 1.82) is 0 Å². The normalized spacial score (nSPS) is 16.6. The van der Waals surface area contributed by atoms with E-state index < -0.39 is 0 Å². The fourth-order valence-corrected chi connectivity index (χ4v) is 3.76. The quantitative estimate of drug-likeness (QED) is 0.842. The summed E-state index contributed by atoms with van der Waals surface area (Å²) in [5, 5.41) is 4.70. The minimum atomic E-state index is 0.746. The molecule has 2 aromatic rings. The summed E-state index contributed by atoms with van der Waals surface area (Å²) in [5.74, 6) is 3.40. The van der Waals surface area contributed by atoms with Gasteiger partial charge in [0.2, 0.25) is 0 Å². The summed E-state index contributed by atoms with van der Waals surface area (Å²) in [6.45, 7) is 1.05. The molecule has 4 heteroatoms. The Hall–Kier alpha value is -1.42. The lowest BCUT2D eigenvalue weighted by molar-refractivity contribution is 0.516. The van der Waals surface area contributed by atoms with E-state index >= 15 is 0 Å². The summed E-state index contributed by atoms with van der Waals surface area (Å²) >= 11 is 2.07. The van der Waals surface area contributed by atoms with Gasteiger partial charge in [-0.05, 0) is 42.4 Å².